The number of likely N-dealkylation sites (tertiary alicyclic amines) is 1. The highest BCUT2D eigenvalue weighted by Crippen LogP contribution is 2.37. The van der Waals surface area contributed by atoms with Crippen LogP contribution in [0.15, 0.2) is 34.7 Å². The molecule has 0 aliphatic carbocycles. The van der Waals surface area contributed by atoms with E-state index in [1.54, 1.807) is 0 Å². The second-order valence-electron chi connectivity index (χ2n) is 6.59. The number of benzene rings is 1. The number of rotatable bonds is 4. The van der Waals surface area contributed by atoms with E-state index in [4.69, 9.17) is 4.42 Å². The van der Waals surface area contributed by atoms with Crippen molar-refractivity contribution < 1.29 is 45.3 Å². The van der Waals surface area contributed by atoms with Crippen molar-refractivity contribution in [3.63, 3.8) is 0 Å². The van der Waals surface area contributed by atoms with E-state index in [0.717, 1.165) is 17.0 Å². The molecule has 1 aliphatic heterocycles. The smallest absolute Gasteiger partial charge is 0.395 e. The van der Waals surface area contributed by atoms with Crippen LogP contribution in [0.25, 0.3) is 0 Å². The Morgan fingerprint density at radius 1 is 1.03 bits per heavy atom. The maximum absolute atomic E-state index is 12.9. The predicted octanol–water partition coefficient (Wildman–Crippen LogP) is 3.94. The van der Waals surface area contributed by atoms with E-state index < -0.39 is 57.7 Å². The van der Waals surface area contributed by atoms with Gasteiger partial charge in [0.2, 0.25) is 5.91 Å². The SMILES string of the molecule is O=C(Nc1cc(C(F)(F)F)cc(C(F)(F)F)c1)C1CN(C(=O)c2ccc([N+](=O)[O-])o2)C1. The fourth-order valence-electron chi connectivity index (χ4n) is 2.78. The van der Waals surface area contributed by atoms with E-state index in [-0.39, 0.29) is 24.9 Å². The number of anilines is 1. The largest absolute Gasteiger partial charge is 0.433 e. The van der Waals surface area contributed by atoms with Crippen molar-refractivity contribution in [2.45, 2.75) is 12.4 Å². The Labute approximate surface area is 168 Å². The van der Waals surface area contributed by atoms with E-state index in [9.17, 15) is 46.0 Å². The van der Waals surface area contributed by atoms with Gasteiger partial charge in [0.1, 0.15) is 4.92 Å². The molecule has 0 bridgehead atoms. The molecule has 0 spiro atoms. The van der Waals surface area contributed by atoms with Crippen molar-refractivity contribution in [2.24, 2.45) is 5.92 Å². The monoisotopic (exact) mass is 451 g/mol. The number of nitro groups is 1. The Balaban J connectivity index is 1.67. The van der Waals surface area contributed by atoms with Crippen molar-refractivity contribution in [1.29, 1.82) is 0 Å². The molecule has 1 aromatic heterocycles. The summed E-state index contributed by atoms with van der Waals surface area (Å²) < 4.78 is 82.1. The summed E-state index contributed by atoms with van der Waals surface area (Å²) in [5.74, 6) is -3.56. The van der Waals surface area contributed by atoms with Crippen LogP contribution in [0.4, 0.5) is 37.9 Å². The Bertz CT molecular complexity index is 1010. The van der Waals surface area contributed by atoms with Gasteiger partial charge in [-0.05, 0) is 24.3 Å². The minimum atomic E-state index is -5.06. The van der Waals surface area contributed by atoms with Gasteiger partial charge in [-0.25, -0.2) is 0 Å². The molecule has 166 valence electrons. The molecule has 0 unspecified atom stereocenters. The molecule has 3 rings (SSSR count). The van der Waals surface area contributed by atoms with E-state index in [1.807, 2.05) is 5.32 Å². The first kappa shape index (κ1) is 22.1. The second kappa shape index (κ2) is 7.59. The maximum Gasteiger partial charge on any atom is 0.433 e. The Kier molecular flexibility index (Phi) is 5.42. The molecule has 0 radical (unpaired) electrons. The normalized spacial score (nSPS) is 14.8. The standard InChI is InChI=1S/C17H11F6N3O5/c18-16(19,20)9-3-10(17(21,22)23)5-11(4-9)24-14(27)8-6-25(7-8)15(28)12-1-2-13(31-12)26(29)30/h1-5,8H,6-7H2,(H,24,27). The van der Waals surface area contributed by atoms with Gasteiger partial charge in [0.05, 0.1) is 23.1 Å². The molecular formula is C17H11F6N3O5. The van der Waals surface area contributed by atoms with Crippen molar-refractivity contribution in [2.75, 3.05) is 18.4 Å². The van der Waals surface area contributed by atoms with Gasteiger partial charge in [0.25, 0.3) is 5.91 Å². The van der Waals surface area contributed by atoms with Gasteiger partial charge in [-0.2, -0.15) is 26.3 Å². The molecule has 1 N–H and O–H groups in total. The molecule has 1 saturated heterocycles. The van der Waals surface area contributed by atoms with Crippen LogP contribution in [-0.4, -0.2) is 34.7 Å². The number of nitrogens with one attached hydrogen (secondary N) is 1. The van der Waals surface area contributed by atoms with Crippen LogP contribution < -0.4 is 5.32 Å². The number of carbonyl (C=O) groups is 2. The zero-order valence-corrected chi connectivity index (χ0v) is 15.1. The van der Waals surface area contributed by atoms with E-state index in [1.165, 1.54) is 0 Å². The van der Waals surface area contributed by atoms with Gasteiger partial charge < -0.3 is 14.6 Å². The van der Waals surface area contributed by atoms with Crippen LogP contribution >= 0.6 is 0 Å². The quantitative estimate of drug-likeness (QED) is 0.431. The maximum atomic E-state index is 12.9. The lowest BCUT2D eigenvalue weighted by Gasteiger charge is -2.37. The lowest BCUT2D eigenvalue weighted by atomic mass is 9.98. The number of nitrogens with zero attached hydrogens (tertiary/aromatic N) is 2. The number of alkyl halides is 6. The zero-order valence-electron chi connectivity index (χ0n) is 15.1. The Morgan fingerprint density at radius 3 is 2.03 bits per heavy atom. The number of amides is 2. The summed E-state index contributed by atoms with van der Waals surface area (Å²) in [6, 6.07) is 2.70. The van der Waals surface area contributed by atoms with Gasteiger partial charge in [0.15, 0.2) is 5.76 Å². The molecule has 8 nitrogen and oxygen atoms in total. The topological polar surface area (TPSA) is 106 Å². The first-order chi connectivity index (χ1) is 14.3. The average molecular weight is 451 g/mol. The molecule has 31 heavy (non-hydrogen) atoms. The molecule has 1 aliphatic rings. The number of hydrogen-bond acceptors (Lipinski definition) is 5. The zero-order chi connectivity index (χ0) is 23.1. The van der Waals surface area contributed by atoms with Crippen molar-refractivity contribution in [3.8, 4) is 0 Å². The van der Waals surface area contributed by atoms with Crippen molar-refractivity contribution in [1.82, 2.24) is 4.90 Å². The summed E-state index contributed by atoms with van der Waals surface area (Å²) >= 11 is 0. The van der Waals surface area contributed by atoms with Gasteiger partial charge in [-0.1, -0.05) is 0 Å². The highest BCUT2D eigenvalue weighted by atomic mass is 19.4. The minimum Gasteiger partial charge on any atom is -0.395 e. The van der Waals surface area contributed by atoms with E-state index in [0.29, 0.717) is 12.1 Å². The first-order valence-electron chi connectivity index (χ1n) is 8.39. The number of hydrogen-bond donors (Lipinski definition) is 1. The fourth-order valence-corrected chi connectivity index (χ4v) is 2.78. The molecular weight excluding hydrogens is 440 g/mol. The molecule has 2 heterocycles. The molecule has 0 atom stereocenters. The fraction of sp³-hybridized carbons (Fsp3) is 0.294. The number of halogens is 6. The minimum absolute atomic E-state index is 0.0675. The van der Waals surface area contributed by atoms with Crippen LogP contribution in [-0.2, 0) is 17.1 Å². The van der Waals surface area contributed by atoms with Gasteiger partial charge in [-0.15, -0.1) is 0 Å². The lowest BCUT2D eigenvalue weighted by molar-refractivity contribution is -0.402. The third-order valence-corrected chi connectivity index (χ3v) is 4.38. The van der Waals surface area contributed by atoms with E-state index >= 15 is 0 Å². The molecule has 14 heteroatoms. The van der Waals surface area contributed by atoms with Gasteiger partial charge >= 0.3 is 18.2 Å². The number of carbonyl (C=O) groups excluding carboxylic acids is 2. The third-order valence-electron chi connectivity index (χ3n) is 4.38. The van der Waals surface area contributed by atoms with Crippen molar-refractivity contribution in [3.05, 3.63) is 57.3 Å². The van der Waals surface area contributed by atoms with Gasteiger partial charge in [0, 0.05) is 18.8 Å². The van der Waals surface area contributed by atoms with E-state index in [2.05, 4.69) is 0 Å². The second-order valence-corrected chi connectivity index (χ2v) is 6.59. The highest BCUT2D eigenvalue weighted by molar-refractivity contribution is 5.97. The molecule has 1 aromatic carbocycles. The average Bonchev–Trinajstić information content (AvgIpc) is 3.09. The Hall–Kier alpha value is -3.58. The van der Waals surface area contributed by atoms with Crippen LogP contribution in [0, 0.1) is 16.0 Å². The van der Waals surface area contributed by atoms with Crippen LogP contribution in [0.3, 0.4) is 0 Å². The van der Waals surface area contributed by atoms with Crippen LogP contribution in [0.2, 0.25) is 0 Å². The van der Waals surface area contributed by atoms with Crippen molar-refractivity contribution >= 4 is 23.4 Å². The summed E-state index contributed by atoms with van der Waals surface area (Å²) in [6.45, 7) is -0.408. The molecule has 0 saturated carbocycles. The summed E-state index contributed by atoms with van der Waals surface area (Å²) in [5.41, 5.74) is -3.86. The third kappa shape index (κ3) is 4.78. The first-order valence-corrected chi connectivity index (χ1v) is 8.39. The summed E-state index contributed by atoms with van der Waals surface area (Å²) in [6.07, 6.45) is -10.1. The summed E-state index contributed by atoms with van der Waals surface area (Å²) in [7, 11) is 0. The van der Waals surface area contributed by atoms with Crippen LogP contribution in [0.1, 0.15) is 21.7 Å². The molecule has 1 fully saturated rings. The lowest BCUT2D eigenvalue weighted by Crippen LogP contribution is -2.54. The van der Waals surface area contributed by atoms with Gasteiger partial charge in [-0.3, -0.25) is 19.7 Å². The summed E-state index contributed by atoms with van der Waals surface area (Å²) in [5, 5.41) is 12.6. The molecule has 2 aromatic rings. The Morgan fingerprint density at radius 2 is 1.58 bits per heavy atom. The molecule has 2 amide bonds. The summed E-state index contributed by atoms with van der Waals surface area (Å²) in [4.78, 5) is 35.1. The highest BCUT2D eigenvalue weighted by Gasteiger charge is 2.39. The number of furan rings is 1. The predicted molar refractivity (Wildman–Crippen MR) is 89.8 cm³/mol. The van der Waals surface area contributed by atoms with Crippen LogP contribution in [0.5, 0.6) is 0 Å².